The van der Waals surface area contributed by atoms with Crippen LogP contribution in [-0.4, -0.2) is 40.2 Å². The van der Waals surface area contributed by atoms with Gasteiger partial charge in [-0.05, 0) is 42.7 Å². The molecule has 0 spiro atoms. The number of halogens is 3. The van der Waals surface area contributed by atoms with Crippen molar-refractivity contribution >= 4 is 28.5 Å². The SMILES string of the molecule is CNc1nc(N)nc2nc(-c3c(N4CCC(O)(c5ccccc5)CC4)cccc3C(F)(F)F)ccc12. The summed E-state index contributed by atoms with van der Waals surface area (Å²) in [4.78, 5) is 14.6. The molecular weight excluding hydrogens is 469 g/mol. The van der Waals surface area contributed by atoms with E-state index < -0.39 is 17.3 Å². The Bertz CT molecular complexity index is 1400. The van der Waals surface area contributed by atoms with Gasteiger partial charge in [0.1, 0.15) is 5.82 Å². The van der Waals surface area contributed by atoms with Crippen LogP contribution in [0.25, 0.3) is 22.3 Å². The molecule has 5 rings (SSSR count). The average Bonchev–Trinajstić information content (AvgIpc) is 2.88. The second-order valence-electron chi connectivity index (χ2n) is 8.83. The summed E-state index contributed by atoms with van der Waals surface area (Å²) in [7, 11) is 1.67. The van der Waals surface area contributed by atoms with Crippen LogP contribution >= 0.6 is 0 Å². The van der Waals surface area contributed by atoms with Crippen molar-refractivity contribution < 1.29 is 18.3 Å². The van der Waals surface area contributed by atoms with E-state index in [-0.39, 0.29) is 22.9 Å². The lowest BCUT2D eigenvalue weighted by Crippen LogP contribution is -2.43. The molecule has 4 N–H and O–H groups in total. The second kappa shape index (κ2) is 8.94. The van der Waals surface area contributed by atoms with E-state index in [9.17, 15) is 18.3 Å². The highest BCUT2D eigenvalue weighted by Gasteiger charge is 2.38. The second-order valence-corrected chi connectivity index (χ2v) is 8.83. The Hall–Kier alpha value is -3.92. The number of benzene rings is 2. The first-order valence-electron chi connectivity index (χ1n) is 11.5. The van der Waals surface area contributed by atoms with Gasteiger partial charge in [-0.1, -0.05) is 36.4 Å². The number of fused-ring (bicyclic) bond motifs is 1. The minimum Gasteiger partial charge on any atom is -0.385 e. The van der Waals surface area contributed by atoms with Crippen molar-refractivity contribution in [2.24, 2.45) is 0 Å². The van der Waals surface area contributed by atoms with E-state index in [1.165, 1.54) is 6.07 Å². The van der Waals surface area contributed by atoms with Crippen molar-refractivity contribution in [2.75, 3.05) is 36.1 Å². The molecule has 2 aromatic carbocycles. The van der Waals surface area contributed by atoms with E-state index in [2.05, 4.69) is 20.3 Å². The molecule has 0 radical (unpaired) electrons. The number of hydrogen-bond donors (Lipinski definition) is 3. The lowest BCUT2D eigenvalue weighted by atomic mass is 9.84. The number of nitrogens with one attached hydrogen (secondary N) is 1. The zero-order valence-corrected chi connectivity index (χ0v) is 19.5. The predicted molar refractivity (Wildman–Crippen MR) is 134 cm³/mol. The van der Waals surface area contributed by atoms with E-state index >= 15 is 0 Å². The van der Waals surface area contributed by atoms with Crippen LogP contribution in [0.3, 0.4) is 0 Å². The summed E-state index contributed by atoms with van der Waals surface area (Å²) in [6, 6.07) is 16.7. The van der Waals surface area contributed by atoms with E-state index in [0.717, 1.165) is 11.6 Å². The number of pyridine rings is 1. The first-order valence-corrected chi connectivity index (χ1v) is 11.5. The molecule has 1 aliphatic rings. The topological polar surface area (TPSA) is 100 Å². The van der Waals surface area contributed by atoms with Gasteiger partial charge in [-0.3, -0.25) is 0 Å². The van der Waals surface area contributed by atoms with E-state index in [1.54, 1.807) is 25.2 Å². The fourth-order valence-corrected chi connectivity index (χ4v) is 4.82. The monoisotopic (exact) mass is 494 g/mol. The highest BCUT2D eigenvalue weighted by Crippen LogP contribution is 2.44. The number of anilines is 3. The fourth-order valence-electron chi connectivity index (χ4n) is 4.82. The Morgan fingerprint density at radius 2 is 1.67 bits per heavy atom. The summed E-state index contributed by atoms with van der Waals surface area (Å²) >= 11 is 0. The van der Waals surface area contributed by atoms with Crippen molar-refractivity contribution in [1.29, 1.82) is 0 Å². The van der Waals surface area contributed by atoms with Gasteiger partial charge in [-0.15, -0.1) is 0 Å². The van der Waals surface area contributed by atoms with Gasteiger partial charge < -0.3 is 21.1 Å². The van der Waals surface area contributed by atoms with E-state index in [1.807, 2.05) is 35.2 Å². The number of nitrogens with two attached hydrogens (primary N) is 1. The third-order valence-electron chi connectivity index (χ3n) is 6.66. The summed E-state index contributed by atoms with van der Waals surface area (Å²) < 4.78 is 42.5. The van der Waals surface area contributed by atoms with Gasteiger partial charge in [0.05, 0.1) is 22.2 Å². The molecule has 2 aromatic heterocycles. The number of piperidine rings is 1. The van der Waals surface area contributed by atoms with Crippen LogP contribution in [-0.2, 0) is 11.8 Å². The number of nitrogens with zero attached hydrogens (tertiary/aromatic N) is 4. The maximum absolute atomic E-state index is 14.2. The molecular formula is C26H25F3N6O. The predicted octanol–water partition coefficient (Wildman–Crippen LogP) is 4.82. The standard InChI is InChI=1S/C26H25F3N6O/c1-31-22-17-10-11-19(32-23(17)34-24(30)33-22)21-18(26(27,28)29)8-5-9-20(21)35-14-12-25(36,13-15-35)16-6-3-2-4-7-16/h2-11,36H,12-15H2,1H3,(H3,30,31,32,33,34). The largest absolute Gasteiger partial charge is 0.417 e. The van der Waals surface area contributed by atoms with Crippen LogP contribution in [0.15, 0.2) is 60.7 Å². The van der Waals surface area contributed by atoms with Crippen LogP contribution in [0.4, 0.5) is 30.6 Å². The van der Waals surface area contributed by atoms with Gasteiger partial charge >= 0.3 is 6.18 Å². The minimum atomic E-state index is -4.59. The number of nitrogen functional groups attached to an aromatic ring is 1. The molecule has 1 aliphatic heterocycles. The van der Waals surface area contributed by atoms with Crippen LogP contribution in [0.2, 0.25) is 0 Å². The highest BCUT2D eigenvalue weighted by atomic mass is 19.4. The third kappa shape index (κ3) is 4.28. The maximum atomic E-state index is 14.2. The molecule has 4 aromatic rings. The zero-order chi connectivity index (χ0) is 25.5. The van der Waals surface area contributed by atoms with Crippen molar-refractivity contribution in [3.05, 3.63) is 71.8 Å². The quantitative estimate of drug-likeness (QED) is 0.374. The summed E-state index contributed by atoms with van der Waals surface area (Å²) in [5.41, 5.74) is 5.50. The van der Waals surface area contributed by atoms with Gasteiger partial charge in [-0.2, -0.15) is 23.1 Å². The Kier molecular flexibility index (Phi) is 5.91. The summed E-state index contributed by atoms with van der Waals surface area (Å²) in [6.45, 7) is 0.763. The van der Waals surface area contributed by atoms with Crippen molar-refractivity contribution in [3.8, 4) is 11.3 Å². The third-order valence-corrected chi connectivity index (χ3v) is 6.66. The Labute approximate surface area is 205 Å². The average molecular weight is 495 g/mol. The number of rotatable bonds is 4. The molecule has 0 unspecified atom stereocenters. The number of alkyl halides is 3. The fraction of sp³-hybridized carbons (Fsp3) is 0.269. The molecule has 0 bridgehead atoms. The number of aliphatic hydroxyl groups is 1. The maximum Gasteiger partial charge on any atom is 0.417 e. The van der Waals surface area contributed by atoms with E-state index in [4.69, 9.17) is 5.73 Å². The van der Waals surface area contributed by atoms with Crippen LogP contribution in [0.5, 0.6) is 0 Å². The van der Waals surface area contributed by atoms with Crippen LogP contribution < -0.4 is 16.0 Å². The number of hydrogen-bond acceptors (Lipinski definition) is 7. The highest BCUT2D eigenvalue weighted by molar-refractivity contribution is 5.90. The van der Waals surface area contributed by atoms with Gasteiger partial charge in [-0.25, -0.2) is 4.98 Å². The molecule has 186 valence electrons. The molecule has 36 heavy (non-hydrogen) atoms. The summed E-state index contributed by atoms with van der Waals surface area (Å²) in [6.07, 6.45) is -3.83. The molecule has 1 saturated heterocycles. The molecule has 3 heterocycles. The van der Waals surface area contributed by atoms with Crippen molar-refractivity contribution in [2.45, 2.75) is 24.6 Å². The minimum absolute atomic E-state index is 0.0276. The lowest BCUT2D eigenvalue weighted by Gasteiger charge is -2.40. The van der Waals surface area contributed by atoms with Gasteiger partial charge in [0.15, 0.2) is 5.65 Å². The zero-order valence-electron chi connectivity index (χ0n) is 19.5. The van der Waals surface area contributed by atoms with Crippen LogP contribution in [0, 0.1) is 0 Å². The molecule has 7 nitrogen and oxygen atoms in total. The first-order chi connectivity index (χ1) is 17.2. The lowest BCUT2D eigenvalue weighted by molar-refractivity contribution is -0.137. The van der Waals surface area contributed by atoms with Gasteiger partial charge in [0.2, 0.25) is 5.95 Å². The molecule has 0 atom stereocenters. The van der Waals surface area contributed by atoms with E-state index in [0.29, 0.717) is 42.8 Å². The van der Waals surface area contributed by atoms with Gasteiger partial charge in [0.25, 0.3) is 0 Å². The molecule has 0 amide bonds. The van der Waals surface area contributed by atoms with Crippen molar-refractivity contribution in [3.63, 3.8) is 0 Å². The van der Waals surface area contributed by atoms with Crippen LogP contribution in [0.1, 0.15) is 24.0 Å². The smallest absolute Gasteiger partial charge is 0.385 e. The Morgan fingerprint density at radius 1 is 0.944 bits per heavy atom. The Morgan fingerprint density at radius 3 is 2.33 bits per heavy atom. The Balaban J connectivity index is 1.59. The van der Waals surface area contributed by atoms with Crippen molar-refractivity contribution in [1.82, 2.24) is 15.0 Å². The molecule has 0 saturated carbocycles. The first kappa shape index (κ1) is 23.8. The summed E-state index contributed by atoms with van der Waals surface area (Å²) in [5.74, 6) is 0.411. The molecule has 1 fully saturated rings. The molecule has 10 heteroatoms. The number of aromatic nitrogens is 3. The van der Waals surface area contributed by atoms with Gasteiger partial charge in [0, 0.05) is 31.4 Å². The summed E-state index contributed by atoms with van der Waals surface area (Å²) in [5, 5.41) is 14.7. The normalized spacial score (nSPS) is 15.8. The molecule has 0 aliphatic carbocycles.